The van der Waals surface area contributed by atoms with Crippen molar-refractivity contribution in [1.29, 1.82) is 0 Å². The highest BCUT2D eigenvalue weighted by atomic mass is 16.5. The van der Waals surface area contributed by atoms with Gasteiger partial charge in [-0.3, -0.25) is 9.96 Å². The summed E-state index contributed by atoms with van der Waals surface area (Å²) in [6.07, 6.45) is 3.47. The van der Waals surface area contributed by atoms with E-state index in [2.05, 4.69) is 281 Å². The molecule has 2 aliphatic rings. The predicted octanol–water partition coefficient (Wildman–Crippen LogP) is 17.8. The van der Waals surface area contributed by atoms with Crippen LogP contribution in [0.3, 0.4) is 0 Å². The van der Waals surface area contributed by atoms with Gasteiger partial charge in [0.15, 0.2) is 0 Å². The molecule has 362 valence electrons. The fraction of sp³-hybridized carbons (Fsp3) is 0.118. The Kier molecular flexibility index (Phi) is 13.2. The molecule has 0 spiro atoms. The van der Waals surface area contributed by atoms with Gasteiger partial charge in [0.25, 0.3) is 0 Å². The Morgan fingerprint density at radius 2 is 0.851 bits per heavy atom. The molecule has 3 unspecified atom stereocenters. The molecule has 2 aliphatic heterocycles. The van der Waals surface area contributed by atoms with Gasteiger partial charge in [0, 0.05) is 70.1 Å². The molecule has 0 aromatic heterocycles. The molecule has 10 aromatic carbocycles. The molecule has 2 heterocycles. The summed E-state index contributed by atoms with van der Waals surface area (Å²) in [6.45, 7) is 1.27. The van der Waals surface area contributed by atoms with E-state index in [0.717, 1.165) is 106 Å². The molecule has 0 saturated heterocycles. The number of para-hydroxylation sites is 5. The molecule has 0 saturated carbocycles. The Balaban J connectivity index is 0.855. The molecule has 74 heavy (non-hydrogen) atoms. The fourth-order valence-electron chi connectivity index (χ4n) is 11.2. The Morgan fingerprint density at radius 3 is 1.42 bits per heavy atom. The van der Waals surface area contributed by atoms with Gasteiger partial charge in [-0.25, -0.2) is 0 Å². The monoisotopic (exact) mass is 961 g/mol. The molecule has 0 bridgehead atoms. The molecular formula is C68H59N5O. The second-order valence-electron chi connectivity index (χ2n) is 19.6. The quantitative estimate of drug-likeness (QED) is 0.0999. The summed E-state index contributed by atoms with van der Waals surface area (Å²) < 4.78 is -0.508. The zero-order valence-corrected chi connectivity index (χ0v) is 41.5. The summed E-state index contributed by atoms with van der Waals surface area (Å²) in [5.74, 6) is 0.286. The average Bonchev–Trinajstić information content (AvgIpc) is 3.54. The minimum absolute atomic E-state index is 0.0375. The maximum atomic E-state index is 16.0. The number of aryl methyl sites for hydroxylation is 1. The van der Waals surface area contributed by atoms with Crippen LogP contribution in [0.25, 0.3) is 22.3 Å². The lowest BCUT2D eigenvalue weighted by Gasteiger charge is -2.43. The van der Waals surface area contributed by atoms with Crippen molar-refractivity contribution in [2.24, 2.45) is 0 Å². The highest BCUT2D eigenvalue weighted by Gasteiger charge is 2.30. The summed E-state index contributed by atoms with van der Waals surface area (Å²) in [5.41, 5.74) is 18.7. The molecule has 0 amide bonds. The normalized spacial score (nSPS) is 17.3. The van der Waals surface area contributed by atoms with Crippen molar-refractivity contribution in [3.05, 3.63) is 288 Å². The average molecular weight is 962 g/mol. The number of rotatable bonds is 11. The Bertz CT molecular complexity index is 3370. The van der Waals surface area contributed by atoms with Gasteiger partial charge in [0.05, 0.1) is 6.54 Å². The van der Waals surface area contributed by atoms with E-state index in [1.54, 1.807) is 0 Å². The Labute approximate surface area is 435 Å². The number of hydroxylamine groups is 1. The van der Waals surface area contributed by atoms with E-state index in [0.29, 0.717) is 6.54 Å². The van der Waals surface area contributed by atoms with Gasteiger partial charge >= 0.3 is 0 Å². The molecule has 2 N–H and O–H groups in total. The number of benzene rings is 10. The molecule has 10 aromatic rings. The van der Waals surface area contributed by atoms with Gasteiger partial charge in [-0.05, 0) is 174 Å². The van der Waals surface area contributed by atoms with Crippen molar-refractivity contribution in [2.45, 2.75) is 44.3 Å². The standard InChI is InChI=1S/C68H59N5O/c74-73(65-44-37-53(38-45-65)51-27-30-55(31-28-51)68-69-49-58-16-13-14-26-66(58)70-68)47-15-17-50(52-33-40-63(41-34-52)71(59-18-5-1-6-19-59)60-20-7-2-8-21-60)29-32-57-48-56(39-46-67(57)73)54-35-42-64(43-36-54)72(61-22-9-3-10-23-61)62-24-11-4-12-25-62/h1-14,16,18-28,30-31,33-46,48,50,68-70H,15,17,29,32,47,49H2. The Hall–Kier alpha value is -8.52. The van der Waals surface area contributed by atoms with Crippen LogP contribution < -0.4 is 25.1 Å². The van der Waals surface area contributed by atoms with E-state index in [9.17, 15) is 0 Å². The number of hydrogen-bond acceptors (Lipinski definition) is 5. The number of nitrogens with zero attached hydrogens (tertiary/aromatic N) is 3. The van der Waals surface area contributed by atoms with E-state index < -0.39 is 4.65 Å². The SMILES string of the molecule is [O-][N+]1(c2ccc(-c3ccc(C4NCc5ccccc5N4)cc3)cc2)CCCC(c2ccc(N(c3ccccc3)c3ccccc3)cc2)CCc2cc(-c3ccc(N(c4ccccc4)c4ccccc4)cc3)ccc21. The minimum atomic E-state index is -0.508. The topological polar surface area (TPSA) is 53.6 Å². The van der Waals surface area contributed by atoms with Crippen LogP contribution >= 0.6 is 0 Å². The smallest absolute Gasteiger partial charge is 0.141 e. The highest BCUT2D eigenvalue weighted by Crippen LogP contribution is 2.44. The zero-order chi connectivity index (χ0) is 49.7. The number of hydrogen-bond donors (Lipinski definition) is 2. The van der Waals surface area contributed by atoms with Gasteiger partial charge in [-0.15, -0.1) is 0 Å². The zero-order valence-electron chi connectivity index (χ0n) is 41.5. The predicted molar refractivity (Wildman–Crippen MR) is 309 cm³/mol. The van der Waals surface area contributed by atoms with Gasteiger partial charge in [0.1, 0.15) is 17.5 Å². The summed E-state index contributed by atoms with van der Waals surface area (Å²) >= 11 is 0. The van der Waals surface area contributed by atoms with E-state index in [-0.39, 0.29) is 12.1 Å². The van der Waals surface area contributed by atoms with Crippen molar-refractivity contribution in [3.63, 3.8) is 0 Å². The highest BCUT2D eigenvalue weighted by molar-refractivity contribution is 5.80. The number of fused-ring (bicyclic) bond motifs is 2. The summed E-state index contributed by atoms with van der Waals surface area (Å²) in [6, 6.07) is 92.4. The minimum Gasteiger partial charge on any atom is -0.622 e. The molecule has 6 nitrogen and oxygen atoms in total. The first kappa shape index (κ1) is 46.5. The van der Waals surface area contributed by atoms with Crippen LogP contribution in [0.5, 0.6) is 0 Å². The van der Waals surface area contributed by atoms with Gasteiger partial charge < -0.3 is 20.3 Å². The van der Waals surface area contributed by atoms with Crippen molar-refractivity contribution in [3.8, 4) is 22.3 Å². The van der Waals surface area contributed by atoms with Crippen LogP contribution in [0.15, 0.2) is 261 Å². The molecule has 3 atom stereocenters. The maximum absolute atomic E-state index is 16.0. The largest absolute Gasteiger partial charge is 0.622 e. The number of nitrogens with one attached hydrogen (secondary N) is 2. The lowest BCUT2D eigenvalue weighted by atomic mass is 9.88. The van der Waals surface area contributed by atoms with Gasteiger partial charge in [-0.1, -0.05) is 140 Å². The Morgan fingerprint density at radius 1 is 0.405 bits per heavy atom. The van der Waals surface area contributed by atoms with Crippen LogP contribution in [-0.4, -0.2) is 6.54 Å². The van der Waals surface area contributed by atoms with Crippen molar-refractivity contribution in [1.82, 2.24) is 9.96 Å². The fourth-order valence-corrected chi connectivity index (χ4v) is 11.2. The lowest BCUT2D eigenvalue weighted by Crippen LogP contribution is -2.39. The summed E-state index contributed by atoms with van der Waals surface area (Å²) in [5, 5.41) is 23.3. The maximum Gasteiger partial charge on any atom is 0.141 e. The van der Waals surface area contributed by atoms with E-state index in [1.165, 1.54) is 22.4 Å². The molecule has 12 rings (SSSR count). The van der Waals surface area contributed by atoms with Crippen LogP contribution in [0.2, 0.25) is 0 Å². The van der Waals surface area contributed by atoms with Crippen LogP contribution in [0.1, 0.15) is 53.6 Å². The van der Waals surface area contributed by atoms with Gasteiger partial charge in [0.2, 0.25) is 0 Å². The molecule has 0 radical (unpaired) electrons. The molecular weight excluding hydrogens is 903 g/mol. The lowest BCUT2D eigenvalue weighted by molar-refractivity contribution is 0.462. The first-order valence-corrected chi connectivity index (χ1v) is 26.1. The van der Waals surface area contributed by atoms with Crippen molar-refractivity contribution >= 4 is 51.2 Å². The van der Waals surface area contributed by atoms with E-state index in [4.69, 9.17) is 0 Å². The van der Waals surface area contributed by atoms with Crippen LogP contribution in [0.4, 0.5) is 51.2 Å². The van der Waals surface area contributed by atoms with Crippen LogP contribution in [0, 0.1) is 5.21 Å². The third kappa shape index (κ3) is 9.62. The summed E-state index contributed by atoms with van der Waals surface area (Å²) in [7, 11) is 0. The van der Waals surface area contributed by atoms with Gasteiger partial charge in [-0.2, -0.15) is 0 Å². The second-order valence-corrected chi connectivity index (χ2v) is 19.6. The first-order valence-electron chi connectivity index (χ1n) is 26.1. The van der Waals surface area contributed by atoms with Crippen molar-refractivity contribution in [2.75, 3.05) is 21.7 Å². The first-order chi connectivity index (χ1) is 36.5. The van der Waals surface area contributed by atoms with Crippen LogP contribution in [-0.2, 0) is 13.0 Å². The van der Waals surface area contributed by atoms with E-state index in [1.807, 2.05) is 0 Å². The molecule has 0 aliphatic carbocycles. The molecule has 0 fully saturated rings. The second kappa shape index (κ2) is 20.9. The van der Waals surface area contributed by atoms with E-state index >= 15 is 5.21 Å². The number of quaternary nitrogens is 1. The number of anilines is 7. The third-order valence-corrected chi connectivity index (χ3v) is 15.1. The molecule has 6 heteroatoms. The van der Waals surface area contributed by atoms with Crippen molar-refractivity contribution < 1.29 is 0 Å². The third-order valence-electron chi connectivity index (χ3n) is 15.1. The summed E-state index contributed by atoms with van der Waals surface area (Å²) in [4.78, 5) is 4.60.